The molecule has 0 radical (unpaired) electrons. The number of imidazole rings is 1. The van der Waals surface area contributed by atoms with Gasteiger partial charge in [-0.05, 0) is 31.4 Å². The van der Waals surface area contributed by atoms with E-state index in [4.69, 9.17) is 0 Å². The number of carbonyl (C=O) groups excluding carboxylic acids is 2. The third kappa shape index (κ3) is 4.17. The highest BCUT2D eigenvalue weighted by Crippen LogP contribution is 2.50. The molecule has 1 spiro atoms. The maximum Gasteiger partial charge on any atom is 0.573 e. The quantitative estimate of drug-likeness (QED) is 0.605. The highest BCUT2D eigenvalue weighted by atomic mass is 19.4. The number of carbonyl (C=O) groups is 2. The van der Waals surface area contributed by atoms with Gasteiger partial charge >= 0.3 is 12.4 Å². The molecular formula is C23H25F3N6O3. The summed E-state index contributed by atoms with van der Waals surface area (Å²) in [6.07, 6.45) is 1.92. The summed E-state index contributed by atoms with van der Waals surface area (Å²) in [5.74, 6) is -0.452. The second-order valence-corrected chi connectivity index (χ2v) is 9.52. The maximum absolute atomic E-state index is 13.0. The molecule has 3 amide bonds. The van der Waals surface area contributed by atoms with Crippen LogP contribution >= 0.6 is 0 Å². The molecule has 1 saturated heterocycles. The Kier molecular flexibility index (Phi) is 5.22. The number of aryl methyl sites for hydroxylation is 2. The molecule has 2 aromatic heterocycles. The Morgan fingerprint density at radius 1 is 1.23 bits per heavy atom. The van der Waals surface area contributed by atoms with E-state index in [1.165, 1.54) is 12.1 Å². The molecule has 1 aliphatic heterocycles. The minimum absolute atomic E-state index is 0.00820. The van der Waals surface area contributed by atoms with Crippen LogP contribution in [0, 0.1) is 12.3 Å². The number of urea groups is 1. The van der Waals surface area contributed by atoms with Crippen molar-refractivity contribution in [2.75, 3.05) is 25.5 Å². The third-order valence-electron chi connectivity index (χ3n) is 6.99. The second kappa shape index (κ2) is 7.92. The molecule has 5 rings (SSSR count). The minimum atomic E-state index is -4.81. The van der Waals surface area contributed by atoms with Crippen LogP contribution in [-0.4, -0.2) is 68.5 Å². The zero-order valence-electron chi connectivity index (χ0n) is 19.5. The molecule has 12 heteroatoms. The summed E-state index contributed by atoms with van der Waals surface area (Å²) in [6, 6.07) is 3.40. The average molecular weight is 490 g/mol. The fraction of sp³-hybridized carbons (Fsp3) is 0.435. The van der Waals surface area contributed by atoms with Crippen molar-refractivity contribution in [2.45, 2.75) is 32.2 Å². The zero-order valence-corrected chi connectivity index (χ0v) is 19.5. The molecule has 2 aliphatic rings. The van der Waals surface area contributed by atoms with Crippen LogP contribution in [0.2, 0.25) is 0 Å². The van der Waals surface area contributed by atoms with Crippen molar-refractivity contribution >= 4 is 23.3 Å². The summed E-state index contributed by atoms with van der Waals surface area (Å²) in [7, 11) is 3.53. The molecule has 1 aromatic carbocycles. The lowest BCUT2D eigenvalue weighted by atomic mass is 9.60. The van der Waals surface area contributed by atoms with Crippen LogP contribution in [0.15, 0.2) is 36.8 Å². The molecule has 0 unspecified atom stereocenters. The summed E-state index contributed by atoms with van der Waals surface area (Å²) in [6.45, 7) is 2.93. The molecule has 0 atom stereocenters. The molecule has 2 fully saturated rings. The van der Waals surface area contributed by atoms with Gasteiger partial charge in [0.1, 0.15) is 17.0 Å². The SMILES string of the molecule is Cc1ccc(OC(F)(F)F)cc1NC(=O)N(C)C1CC2(C1)CN(C(=O)c1cnn3ccn(C)c13)C2. The molecule has 3 aromatic rings. The van der Waals surface area contributed by atoms with Crippen LogP contribution in [-0.2, 0) is 7.05 Å². The van der Waals surface area contributed by atoms with Gasteiger partial charge in [-0.1, -0.05) is 6.07 Å². The number of aromatic nitrogens is 3. The lowest BCUT2D eigenvalue weighted by Crippen LogP contribution is -2.67. The lowest BCUT2D eigenvalue weighted by Gasteiger charge is -2.60. The Bertz CT molecular complexity index is 1300. The molecular weight excluding hydrogens is 465 g/mol. The van der Waals surface area contributed by atoms with Crippen molar-refractivity contribution in [3.05, 3.63) is 47.9 Å². The molecule has 1 aliphatic carbocycles. The number of amides is 3. The van der Waals surface area contributed by atoms with Gasteiger partial charge < -0.3 is 24.4 Å². The summed E-state index contributed by atoms with van der Waals surface area (Å²) in [4.78, 5) is 29.1. The molecule has 186 valence electrons. The maximum atomic E-state index is 13.0. The van der Waals surface area contributed by atoms with Gasteiger partial charge in [0.05, 0.1) is 6.20 Å². The Balaban J connectivity index is 1.16. The van der Waals surface area contributed by atoms with Crippen LogP contribution in [0.1, 0.15) is 28.8 Å². The van der Waals surface area contributed by atoms with Gasteiger partial charge in [-0.2, -0.15) is 5.10 Å². The Morgan fingerprint density at radius 3 is 2.63 bits per heavy atom. The number of nitrogens with one attached hydrogen (secondary N) is 1. The van der Waals surface area contributed by atoms with Gasteiger partial charge in [0.2, 0.25) is 0 Å². The van der Waals surface area contributed by atoms with E-state index in [2.05, 4.69) is 15.2 Å². The topological polar surface area (TPSA) is 84.1 Å². The number of fused-ring (bicyclic) bond motifs is 1. The Morgan fingerprint density at radius 2 is 1.94 bits per heavy atom. The standard InChI is InChI=1S/C23H25F3N6O3/c1-14-4-5-16(35-23(24,25)26)8-18(14)28-21(34)30(3)15-9-22(10-15)12-31(13-22)20(33)17-11-27-32-7-6-29(2)19(17)32/h4-8,11,15H,9-10,12-13H2,1-3H3,(H,28,34). The number of alkyl halides is 3. The van der Waals surface area contributed by atoms with Crippen LogP contribution in [0.3, 0.4) is 0 Å². The van der Waals surface area contributed by atoms with Crippen LogP contribution < -0.4 is 10.1 Å². The van der Waals surface area contributed by atoms with E-state index in [1.807, 2.05) is 17.8 Å². The van der Waals surface area contributed by atoms with Crippen molar-refractivity contribution in [3.8, 4) is 5.75 Å². The van der Waals surface area contributed by atoms with Crippen LogP contribution in [0.5, 0.6) is 5.75 Å². The Labute approximate surface area is 199 Å². The molecule has 35 heavy (non-hydrogen) atoms. The number of halogens is 3. The highest BCUT2D eigenvalue weighted by molar-refractivity contribution is 6.00. The van der Waals surface area contributed by atoms with E-state index in [0.717, 1.165) is 24.6 Å². The predicted octanol–water partition coefficient (Wildman–Crippen LogP) is 3.65. The number of rotatable bonds is 4. The van der Waals surface area contributed by atoms with Gasteiger partial charge in [-0.25, -0.2) is 9.31 Å². The van der Waals surface area contributed by atoms with E-state index in [1.54, 1.807) is 40.7 Å². The summed E-state index contributed by atoms with van der Waals surface area (Å²) >= 11 is 0. The zero-order chi connectivity index (χ0) is 25.1. The number of benzene rings is 1. The lowest BCUT2D eigenvalue weighted by molar-refractivity contribution is -0.274. The first kappa shape index (κ1) is 23.1. The normalized spacial score (nSPS) is 17.3. The number of likely N-dealkylation sites (tertiary alicyclic amines) is 1. The van der Waals surface area contributed by atoms with Crippen LogP contribution in [0.4, 0.5) is 23.7 Å². The molecule has 0 bridgehead atoms. The monoisotopic (exact) mass is 490 g/mol. The fourth-order valence-electron chi connectivity index (χ4n) is 5.05. The molecule has 1 saturated carbocycles. The fourth-order valence-corrected chi connectivity index (χ4v) is 5.05. The third-order valence-corrected chi connectivity index (χ3v) is 6.99. The first-order chi connectivity index (χ1) is 16.4. The predicted molar refractivity (Wildman–Crippen MR) is 120 cm³/mol. The highest BCUT2D eigenvalue weighted by Gasteiger charge is 2.55. The first-order valence-corrected chi connectivity index (χ1v) is 11.1. The number of nitrogens with zero attached hydrogens (tertiary/aromatic N) is 5. The van der Waals surface area contributed by atoms with Crippen molar-refractivity contribution in [1.82, 2.24) is 24.0 Å². The Hall–Kier alpha value is -3.70. The van der Waals surface area contributed by atoms with E-state index in [9.17, 15) is 22.8 Å². The molecule has 9 nitrogen and oxygen atoms in total. The van der Waals surface area contributed by atoms with Crippen molar-refractivity contribution in [3.63, 3.8) is 0 Å². The van der Waals surface area contributed by atoms with E-state index in [-0.39, 0.29) is 23.1 Å². The van der Waals surface area contributed by atoms with Gasteiger partial charge in [0.15, 0.2) is 0 Å². The molecule has 3 heterocycles. The van der Waals surface area contributed by atoms with Crippen molar-refractivity contribution < 1.29 is 27.5 Å². The average Bonchev–Trinajstić information content (AvgIpc) is 3.30. The first-order valence-electron chi connectivity index (χ1n) is 11.1. The minimum Gasteiger partial charge on any atom is -0.406 e. The number of ether oxygens (including phenoxy) is 1. The second-order valence-electron chi connectivity index (χ2n) is 9.52. The number of hydrogen-bond donors (Lipinski definition) is 1. The van der Waals surface area contributed by atoms with E-state index >= 15 is 0 Å². The summed E-state index contributed by atoms with van der Waals surface area (Å²) < 4.78 is 45.0. The van der Waals surface area contributed by atoms with Gasteiger partial charge in [0, 0.05) is 62.8 Å². The number of hydrogen-bond acceptors (Lipinski definition) is 4. The number of anilines is 1. The summed E-state index contributed by atoms with van der Waals surface area (Å²) in [5, 5.41) is 6.90. The van der Waals surface area contributed by atoms with E-state index in [0.29, 0.717) is 24.2 Å². The van der Waals surface area contributed by atoms with E-state index < -0.39 is 18.1 Å². The van der Waals surface area contributed by atoms with Gasteiger partial charge in [-0.15, -0.1) is 13.2 Å². The van der Waals surface area contributed by atoms with Crippen molar-refractivity contribution in [1.29, 1.82) is 0 Å². The van der Waals surface area contributed by atoms with Crippen LogP contribution in [0.25, 0.3) is 5.65 Å². The largest absolute Gasteiger partial charge is 0.573 e. The molecule has 1 N–H and O–H groups in total. The summed E-state index contributed by atoms with van der Waals surface area (Å²) in [5.41, 5.74) is 2.18. The van der Waals surface area contributed by atoms with Gasteiger partial charge in [0.25, 0.3) is 5.91 Å². The smallest absolute Gasteiger partial charge is 0.406 e. The van der Waals surface area contributed by atoms with Gasteiger partial charge in [-0.3, -0.25) is 4.79 Å². The van der Waals surface area contributed by atoms with Crippen molar-refractivity contribution in [2.24, 2.45) is 12.5 Å².